The third-order valence-electron chi connectivity index (χ3n) is 3.57. The zero-order valence-corrected chi connectivity index (χ0v) is 9.42. The third kappa shape index (κ3) is 2.17. The Kier molecular flexibility index (Phi) is 3.42. The average Bonchev–Trinajstić information content (AvgIpc) is 2.60. The van der Waals surface area contributed by atoms with E-state index in [9.17, 15) is 14.4 Å². The Morgan fingerprint density at radius 2 is 1.76 bits per heavy atom. The highest BCUT2D eigenvalue weighted by Crippen LogP contribution is 2.37. The van der Waals surface area contributed by atoms with Gasteiger partial charge in [-0.05, 0) is 12.8 Å². The second-order valence-corrected chi connectivity index (χ2v) is 4.54. The highest BCUT2D eigenvalue weighted by molar-refractivity contribution is 6.05. The maximum absolute atomic E-state index is 11.9. The topological polar surface area (TPSA) is 83.9 Å². The SMILES string of the molecule is O=C(CCN1C(=O)C2CCCCC2C1=O)OO. The number of fused-ring (bicyclic) bond motifs is 1. The van der Waals surface area contributed by atoms with Crippen LogP contribution in [0.15, 0.2) is 0 Å². The van der Waals surface area contributed by atoms with Crippen molar-refractivity contribution in [2.75, 3.05) is 6.54 Å². The van der Waals surface area contributed by atoms with Crippen LogP contribution in [0.2, 0.25) is 0 Å². The third-order valence-corrected chi connectivity index (χ3v) is 3.57. The van der Waals surface area contributed by atoms with Gasteiger partial charge < -0.3 is 4.89 Å². The monoisotopic (exact) mass is 241 g/mol. The second-order valence-electron chi connectivity index (χ2n) is 4.54. The Hall–Kier alpha value is -1.43. The van der Waals surface area contributed by atoms with Gasteiger partial charge in [-0.2, -0.15) is 5.26 Å². The molecule has 0 radical (unpaired) electrons. The van der Waals surface area contributed by atoms with Crippen molar-refractivity contribution in [2.45, 2.75) is 32.1 Å². The predicted octanol–water partition coefficient (Wildman–Crippen LogP) is 0.568. The number of imide groups is 1. The molecule has 0 bridgehead atoms. The molecule has 0 aromatic rings. The van der Waals surface area contributed by atoms with Crippen molar-refractivity contribution in [1.82, 2.24) is 4.90 Å². The molecule has 94 valence electrons. The van der Waals surface area contributed by atoms with Crippen LogP contribution in [0, 0.1) is 11.8 Å². The smallest absolute Gasteiger partial charge is 0.301 e. The summed E-state index contributed by atoms with van der Waals surface area (Å²) in [6.45, 7) is 0.00403. The van der Waals surface area contributed by atoms with Crippen molar-refractivity contribution in [3.63, 3.8) is 0 Å². The van der Waals surface area contributed by atoms with Crippen LogP contribution in [0.3, 0.4) is 0 Å². The molecular weight excluding hydrogens is 226 g/mol. The number of likely N-dealkylation sites (tertiary alicyclic amines) is 1. The van der Waals surface area contributed by atoms with Gasteiger partial charge in [0.05, 0.1) is 18.3 Å². The molecule has 1 saturated carbocycles. The Morgan fingerprint density at radius 1 is 1.24 bits per heavy atom. The summed E-state index contributed by atoms with van der Waals surface area (Å²) in [5, 5.41) is 8.11. The summed E-state index contributed by atoms with van der Waals surface area (Å²) in [6.07, 6.45) is 3.32. The van der Waals surface area contributed by atoms with Gasteiger partial charge in [-0.1, -0.05) is 12.8 Å². The van der Waals surface area contributed by atoms with Crippen molar-refractivity contribution in [1.29, 1.82) is 0 Å². The number of hydrogen-bond acceptors (Lipinski definition) is 5. The highest BCUT2D eigenvalue weighted by atomic mass is 17.1. The first-order valence-corrected chi connectivity index (χ1v) is 5.84. The van der Waals surface area contributed by atoms with Gasteiger partial charge in [-0.25, -0.2) is 4.79 Å². The van der Waals surface area contributed by atoms with E-state index in [0.29, 0.717) is 0 Å². The number of rotatable bonds is 3. The number of carbonyl (C=O) groups excluding carboxylic acids is 3. The Bertz CT molecular complexity index is 330. The van der Waals surface area contributed by atoms with Gasteiger partial charge in [0.25, 0.3) is 0 Å². The number of carbonyl (C=O) groups is 3. The van der Waals surface area contributed by atoms with Crippen molar-refractivity contribution in [3.8, 4) is 0 Å². The van der Waals surface area contributed by atoms with Crippen LogP contribution in [0.1, 0.15) is 32.1 Å². The van der Waals surface area contributed by atoms with Crippen LogP contribution in [-0.2, 0) is 19.3 Å². The molecule has 2 rings (SSSR count). The van der Waals surface area contributed by atoms with Gasteiger partial charge >= 0.3 is 5.97 Å². The average molecular weight is 241 g/mol. The molecular formula is C11H15NO5. The minimum absolute atomic E-state index is 0.00403. The lowest BCUT2D eigenvalue weighted by Gasteiger charge is -2.19. The molecule has 6 nitrogen and oxygen atoms in total. The quantitative estimate of drug-likeness (QED) is 0.443. The van der Waals surface area contributed by atoms with Gasteiger partial charge in [0, 0.05) is 6.54 Å². The molecule has 0 aromatic heterocycles. The van der Waals surface area contributed by atoms with Crippen molar-refractivity contribution >= 4 is 17.8 Å². The van der Waals surface area contributed by atoms with E-state index in [1.807, 2.05) is 0 Å². The summed E-state index contributed by atoms with van der Waals surface area (Å²) in [4.78, 5) is 39.3. The van der Waals surface area contributed by atoms with E-state index in [0.717, 1.165) is 30.6 Å². The molecule has 2 aliphatic rings. The van der Waals surface area contributed by atoms with Crippen LogP contribution in [0.5, 0.6) is 0 Å². The normalized spacial score (nSPS) is 28.2. The van der Waals surface area contributed by atoms with E-state index in [-0.39, 0.29) is 36.6 Å². The lowest BCUT2D eigenvalue weighted by molar-refractivity contribution is -0.234. The van der Waals surface area contributed by atoms with Crippen molar-refractivity contribution in [3.05, 3.63) is 0 Å². The zero-order chi connectivity index (χ0) is 12.4. The first kappa shape index (κ1) is 12.0. The van der Waals surface area contributed by atoms with E-state index >= 15 is 0 Å². The maximum Gasteiger partial charge on any atom is 0.343 e. The summed E-state index contributed by atoms with van der Waals surface area (Å²) in [7, 11) is 0. The fourth-order valence-electron chi connectivity index (χ4n) is 2.70. The molecule has 1 heterocycles. The van der Waals surface area contributed by atoms with E-state index < -0.39 is 5.97 Å². The summed E-state index contributed by atoms with van der Waals surface area (Å²) >= 11 is 0. The lowest BCUT2D eigenvalue weighted by Crippen LogP contribution is -2.33. The van der Waals surface area contributed by atoms with E-state index in [4.69, 9.17) is 5.26 Å². The molecule has 1 aliphatic heterocycles. The van der Waals surface area contributed by atoms with Crippen LogP contribution in [0.4, 0.5) is 0 Å². The molecule has 1 aliphatic carbocycles. The summed E-state index contributed by atoms with van der Waals surface area (Å²) in [5.41, 5.74) is 0. The molecule has 1 saturated heterocycles. The minimum atomic E-state index is -0.833. The molecule has 0 spiro atoms. The fraction of sp³-hybridized carbons (Fsp3) is 0.727. The molecule has 2 fully saturated rings. The molecule has 0 aromatic carbocycles. The first-order chi connectivity index (χ1) is 8.15. The number of nitrogens with zero attached hydrogens (tertiary/aromatic N) is 1. The Morgan fingerprint density at radius 3 is 2.24 bits per heavy atom. The summed E-state index contributed by atoms with van der Waals surface area (Å²) < 4.78 is 0. The largest absolute Gasteiger partial charge is 0.343 e. The molecule has 17 heavy (non-hydrogen) atoms. The van der Waals surface area contributed by atoms with E-state index in [2.05, 4.69) is 4.89 Å². The summed E-state index contributed by atoms with van der Waals surface area (Å²) in [5.74, 6) is -1.57. The molecule has 2 amide bonds. The van der Waals surface area contributed by atoms with Crippen LogP contribution in [0.25, 0.3) is 0 Å². The highest BCUT2D eigenvalue weighted by Gasteiger charge is 2.47. The molecule has 2 unspecified atom stereocenters. The first-order valence-electron chi connectivity index (χ1n) is 5.84. The van der Waals surface area contributed by atoms with Crippen molar-refractivity contribution < 1.29 is 24.5 Å². The Labute approximate surface area is 98.5 Å². The predicted molar refractivity (Wildman–Crippen MR) is 55.5 cm³/mol. The van der Waals surface area contributed by atoms with E-state index in [1.165, 1.54) is 0 Å². The molecule has 1 N–H and O–H groups in total. The van der Waals surface area contributed by atoms with Gasteiger partial charge in [0.1, 0.15) is 0 Å². The zero-order valence-electron chi connectivity index (χ0n) is 9.42. The minimum Gasteiger partial charge on any atom is -0.301 e. The lowest BCUT2D eigenvalue weighted by atomic mass is 9.81. The van der Waals surface area contributed by atoms with Crippen LogP contribution >= 0.6 is 0 Å². The fourth-order valence-corrected chi connectivity index (χ4v) is 2.70. The second kappa shape index (κ2) is 4.83. The van der Waals surface area contributed by atoms with Gasteiger partial charge in [0.15, 0.2) is 0 Å². The van der Waals surface area contributed by atoms with Crippen molar-refractivity contribution in [2.24, 2.45) is 11.8 Å². The molecule has 2 atom stereocenters. The van der Waals surface area contributed by atoms with Crippen LogP contribution in [-0.4, -0.2) is 34.5 Å². The van der Waals surface area contributed by atoms with Crippen LogP contribution < -0.4 is 0 Å². The molecule has 6 heteroatoms. The maximum atomic E-state index is 11.9. The van der Waals surface area contributed by atoms with Gasteiger partial charge in [-0.15, -0.1) is 0 Å². The Balaban J connectivity index is 2.00. The number of hydrogen-bond donors (Lipinski definition) is 1. The standard InChI is InChI=1S/C11H15NO5/c13-9(17-16)5-6-12-10(14)7-3-1-2-4-8(7)11(12)15/h7-8,16H,1-6H2. The van der Waals surface area contributed by atoms with Gasteiger partial charge in [-0.3, -0.25) is 14.5 Å². The van der Waals surface area contributed by atoms with Gasteiger partial charge in [0.2, 0.25) is 11.8 Å². The van der Waals surface area contributed by atoms with E-state index in [1.54, 1.807) is 0 Å². The summed E-state index contributed by atoms with van der Waals surface area (Å²) in [6, 6.07) is 0. The number of amides is 2.